The van der Waals surface area contributed by atoms with E-state index in [1.54, 1.807) is 37.4 Å². The van der Waals surface area contributed by atoms with Gasteiger partial charge in [-0.1, -0.05) is 12.1 Å². The van der Waals surface area contributed by atoms with Crippen molar-refractivity contribution in [3.63, 3.8) is 0 Å². The monoisotopic (exact) mass is 405 g/mol. The van der Waals surface area contributed by atoms with Crippen LogP contribution < -0.4 is 14.8 Å². The Hall–Kier alpha value is -3.33. The molecule has 2 N–H and O–H groups in total. The van der Waals surface area contributed by atoms with E-state index in [4.69, 9.17) is 4.74 Å². The third-order valence-electron chi connectivity index (χ3n) is 4.03. The van der Waals surface area contributed by atoms with Crippen LogP contribution in [-0.2, 0) is 0 Å². The lowest BCUT2D eigenvalue weighted by molar-refractivity contribution is -0.274. The molecule has 0 bridgehead atoms. The Labute approximate surface area is 165 Å². The third kappa shape index (κ3) is 5.82. The Bertz CT molecular complexity index is 932. The molecule has 3 rings (SSSR count). The average molecular weight is 405 g/mol. The van der Waals surface area contributed by atoms with Gasteiger partial charge in [0.15, 0.2) is 0 Å². The van der Waals surface area contributed by atoms with Crippen LogP contribution in [0.1, 0.15) is 11.7 Å². The van der Waals surface area contributed by atoms with Gasteiger partial charge in [0, 0.05) is 18.2 Å². The van der Waals surface area contributed by atoms with Gasteiger partial charge < -0.3 is 19.9 Å². The van der Waals surface area contributed by atoms with Crippen LogP contribution in [0.3, 0.4) is 0 Å². The van der Waals surface area contributed by atoms with Crippen molar-refractivity contribution in [1.82, 2.24) is 9.97 Å². The van der Waals surface area contributed by atoms with Gasteiger partial charge in [-0.25, -0.2) is 9.97 Å². The molecule has 9 heteroatoms. The quantitative estimate of drug-likeness (QED) is 0.614. The molecular formula is C20H18F3N3O3. The zero-order chi connectivity index (χ0) is 20.9. The second-order valence-electron chi connectivity index (χ2n) is 6.03. The molecule has 0 aliphatic rings. The predicted octanol–water partition coefficient (Wildman–Crippen LogP) is 4.20. The minimum Gasteiger partial charge on any atom is -0.497 e. The summed E-state index contributed by atoms with van der Waals surface area (Å²) in [5, 5.41) is 13.3. The van der Waals surface area contributed by atoms with Gasteiger partial charge in [0.05, 0.1) is 18.9 Å². The number of alkyl halides is 3. The van der Waals surface area contributed by atoms with Crippen molar-refractivity contribution >= 4 is 5.82 Å². The molecule has 1 aromatic heterocycles. The summed E-state index contributed by atoms with van der Waals surface area (Å²) >= 11 is 0. The van der Waals surface area contributed by atoms with E-state index in [1.807, 2.05) is 0 Å². The van der Waals surface area contributed by atoms with Crippen LogP contribution in [0.25, 0.3) is 11.3 Å². The Morgan fingerprint density at radius 2 is 1.66 bits per heavy atom. The van der Waals surface area contributed by atoms with E-state index >= 15 is 0 Å². The standard InChI is InChI=1S/C20H18F3N3O3/c1-28-15-6-4-14(5-7-15)18(27)11-24-19-10-17(25-12-26-19)13-2-8-16(9-3-13)29-20(21,22)23/h2-10,12,18,27H,11H2,1H3,(H,24,25,26). The van der Waals surface area contributed by atoms with Gasteiger partial charge in [-0.15, -0.1) is 13.2 Å². The van der Waals surface area contributed by atoms with Gasteiger partial charge in [0.25, 0.3) is 0 Å². The molecule has 0 aliphatic heterocycles. The van der Waals surface area contributed by atoms with Crippen LogP contribution in [0.5, 0.6) is 11.5 Å². The van der Waals surface area contributed by atoms with Crippen LogP contribution in [0, 0.1) is 0 Å². The maximum atomic E-state index is 12.3. The number of hydrogen-bond donors (Lipinski definition) is 2. The summed E-state index contributed by atoms with van der Waals surface area (Å²) in [5.74, 6) is 0.857. The lowest BCUT2D eigenvalue weighted by Crippen LogP contribution is -2.16. The molecule has 1 atom stereocenters. The molecule has 3 aromatic rings. The number of halogens is 3. The number of aliphatic hydroxyl groups excluding tert-OH is 1. The number of anilines is 1. The molecule has 0 saturated carbocycles. The molecule has 0 spiro atoms. The summed E-state index contributed by atoms with van der Waals surface area (Å²) in [5.41, 5.74) is 1.83. The molecule has 152 valence electrons. The smallest absolute Gasteiger partial charge is 0.497 e. The molecule has 0 aliphatic carbocycles. The number of aromatic nitrogens is 2. The molecule has 2 aromatic carbocycles. The molecule has 0 radical (unpaired) electrons. The summed E-state index contributed by atoms with van der Waals surface area (Å²) in [6.07, 6.45) is -4.17. The van der Waals surface area contributed by atoms with Crippen molar-refractivity contribution in [1.29, 1.82) is 0 Å². The first-order valence-corrected chi connectivity index (χ1v) is 8.58. The second-order valence-corrected chi connectivity index (χ2v) is 6.03. The van der Waals surface area contributed by atoms with Crippen molar-refractivity contribution < 1.29 is 27.8 Å². The Balaban J connectivity index is 1.64. The van der Waals surface area contributed by atoms with Crippen molar-refractivity contribution in [2.75, 3.05) is 19.0 Å². The molecule has 6 nitrogen and oxygen atoms in total. The first-order chi connectivity index (χ1) is 13.8. The fourth-order valence-corrected chi connectivity index (χ4v) is 2.58. The highest BCUT2D eigenvalue weighted by molar-refractivity contribution is 5.62. The van der Waals surface area contributed by atoms with Crippen molar-refractivity contribution in [3.05, 3.63) is 66.5 Å². The van der Waals surface area contributed by atoms with Gasteiger partial charge in [0.2, 0.25) is 0 Å². The average Bonchev–Trinajstić information content (AvgIpc) is 2.72. The number of hydrogen-bond acceptors (Lipinski definition) is 6. The number of nitrogens with one attached hydrogen (secondary N) is 1. The van der Waals surface area contributed by atoms with Crippen LogP contribution >= 0.6 is 0 Å². The maximum absolute atomic E-state index is 12.3. The first kappa shape index (κ1) is 20.4. The number of rotatable bonds is 7. The van der Waals surface area contributed by atoms with Gasteiger partial charge in [-0.05, 0) is 42.0 Å². The third-order valence-corrected chi connectivity index (χ3v) is 4.03. The highest BCUT2D eigenvalue weighted by Gasteiger charge is 2.30. The predicted molar refractivity (Wildman–Crippen MR) is 101 cm³/mol. The number of nitrogens with zero attached hydrogens (tertiary/aromatic N) is 2. The summed E-state index contributed by atoms with van der Waals surface area (Å²) < 4.78 is 45.7. The molecular weight excluding hydrogens is 387 g/mol. The summed E-state index contributed by atoms with van der Waals surface area (Å²) in [6, 6.07) is 14.1. The number of methoxy groups -OCH3 is 1. The highest BCUT2D eigenvalue weighted by atomic mass is 19.4. The molecule has 29 heavy (non-hydrogen) atoms. The summed E-state index contributed by atoms with van der Waals surface area (Å²) in [7, 11) is 1.57. The van der Waals surface area contributed by atoms with E-state index in [9.17, 15) is 18.3 Å². The Morgan fingerprint density at radius 1 is 1.00 bits per heavy atom. The van der Waals surface area contributed by atoms with E-state index in [1.165, 1.54) is 30.6 Å². The fourth-order valence-electron chi connectivity index (χ4n) is 2.58. The Morgan fingerprint density at radius 3 is 2.28 bits per heavy atom. The summed E-state index contributed by atoms with van der Waals surface area (Å²) in [4.78, 5) is 8.22. The van der Waals surface area contributed by atoms with Crippen molar-refractivity contribution in [2.45, 2.75) is 12.5 Å². The molecule has 1 heterocycles. The molecule has 0 amide bonds. The van der Waals surface area contributed by atoms with Crippen LogP contribution in [0.2, 0.25) is 0 Å². The fraction of sp³-hybridized carbons (Fsp3) is 0.200. The lowest BCUT2D eigenvalue weighted by Gasteiger charge is -2.13. The van der Waals surface area contributed by atoms with E-state index < -0.39 is 12.5 Å². The number of ether oxygens (including phenoxy) is 2. The van der Waals surface area contributed by atoms with E-state index in [-0.39, 0.29) is 12.3 Å². The zero-order valence-electron chi connectivity index (χ0n) is 15.3. The highest BCUT2D eigenvalue weighted by Crippen LogP contribution is 2.26. The van der Waals surface area contributed by atoms with Gasteiger partial charge in [-0.2, -0.15) is 0 Å². The topological polar surface area (TPSA) is 76.5 Å². The molecule has 0 saturated heterocycles. The molecule has 0 fully saturated rings. The van der Waals surface area contributed by atoms with Crippen LogP contribution in [0.4, 0.5) is 19.0 Å². The SMILES string of the molecule is COc1ccc(C(O)CNc2cc(-c3ccc(OC(F)(F)F)cc3)ncn2)cc1. The largest absolute Gasteiger partial charge is 0.573 e. The van der Waals surface area contributed by atoms with Gasteiger partial charge in [0.1, 0.15) is 23.6 Å². The van der Waals surface area contributed by atoms with Crippen LogP contribution in [-0.4, -0.2) is 35.1 Å². The second kappa shape index (κ2) is 8.78. The minimum absolute atomic E-state index is 0.209. The van der Waals surface area contributed by atoms with Gasteiger partial charge >= 0.3 is 6.36 Å². The van der Waals surface area contributed by atoms with E-state index in [2.05, 4.69) is 20.0 Å². The zero-order valence-corrected chi connectivity index (χ0v) is 15.3. The van der Waals surface area contributed by atoms with Crippen molar-refractivity contribution in [3.8, 4) is 22.8 Å². The first-order valence-electron chi connectivity index (χ1n) is 8.58. The number of aliphatic hydroxyl groups is 1. The van der Waals surface area contributed by atoms with E-state index in [0.717, 1.165) is 0 Å². The Kier molecular flexibility index (Phi) is 6.18. The lowest BCUT2D eigenvalue weighted by atomic mass is 10.1. The summed E-state index contributed by atoms with van der Waals surface area (Å²) in [6.45, 7) is 0.209. The van der Waals surface area contributed by atoms with Gasteiger partial charge in [-0.3, -0.25) is 0 Å². The maximum Gasteiger partial charge on any atom is 0.573 e. The van der Waals surface area contributed by atoms with E-state index in [0.29, 0.717) is 28.4 Å². The minimum atomic E-state index is -4.74. The van der Waals surface area contributed by atoms with Crippen LogP contribution in [0.15, 0.2) is 60.9 Å². The van der Waals surface area contributed by atoms with Crippen molar-refractivity contribution in [2.24, 2.45) is 0 Å². The normalized spacial score (nSPS) is 12.3. The number of benzene rings is 2. The molecule has 1 unspecified atom stereocenters.